The Morgan fingerprint density at radius 1 is 1.16 bits per heavy atom. The molecule has 0 aliphatic carbocycles. The van der Waals surface area contributed by atoms with Crippen LogP contribution in [0.2, 0.25) is 0 Å². The van der Waals surface area contributed by atoms with Gasteiger partial charge >= 0.3 is 0 Å². The van der Waals surface area contributed by atoms with Gasteiger partial charge in [-0.1, -0.05) is 18.2 Å². The number of hydrogen-bond donors (Lipinski definition) is 1. The molecule has 3 aliphatic heterocycles. The number of ether oxygens (including phenoxy) is 2. The van der Waals surface area contributed by atoms with Crippen molar-refractivity contribution in [2.45, 2.75) is 64.0 Å². The Morgan fingerprint density at radius 2 is 1.92 bits per heavy atom. The molecule has 2 saturated heterocycles. The molecule has 2 aromatic rings. The fourth-order valence-electron chi connectivity index (χ4n) is 5.52. The highest BCUT2D eigenvalue weighted by molar-refractivity contribution is 6.32. The topological polar surface area (TPSA) is 88.2 Å². The fraction of sp³-hybridized carbons (Fsp3) is 0.444. The molecule has 0 aromatic heterocycles. The van der Waals surface area contributed by atoms with Crippen LogP contribution >= 0.6 is 0 Å². The highest BCUT2D eigenvalue weighted by Crippen LogP contribution is 2.37. The van der Waals surface area contributed by atoms with E-state index >= 15 is 0 Å². The number of amides is 3. The Hall–Kier alpha value is -3.24. The summed E-state index contributed by atoms with van der Waals surface area (Å²) in [5.41, 5.74) is 1.30. The zero-order valence-electron chi connectivity index (χ0n) is 21.4. The van der Waals surface area contributed by atoms with Crippen LogP contribution in [-0.4, -0.2) is 66.1 Å². The number of hydrogen-bond acceptors (Lipinski definition) is 6. The summed E-state index contributed by atoms with van der Waals surface area (Å²) >= 11 is 0. The quantitative estimate of drug-likeness (QED) is 0.474. The summed E-state index contributed by atoms with van der Waals surface area (Å²) in [6, 6.07) is 10.4. The number of halogens is 1. The molecule has 8 nitrogen and oxygen atoms in total. The van der Waals surface area contributed by atoms with Gasteiger partial charge in [0.25, 0.3) is 5.91 Å². The van der Waals surface area contributed by atoms with E-state index in [-0.39, 0.29) is 55.8 Å². The second kappa shape index (κ2) is 9.91. The van der Waals surface area contributed by atoms with Gasteiger partial charge < -0.3 is 14.4 Å². The lowest BCUT2D eigenvalue weighted by atomic mass is 9.70. The number of morpholine rings is 1. The van der Waals surface area contributed by atoms with E-state index in [1.165, 1.54) is 4.90 Å². The molecule has 2 aromatic carbocycles. The van der Waals surface area contributed by atoms with Crippen LogP contribution in [0.3, 0.4) is 0 Å². The molecular weight excluding hydrogens is 476 g/mol. The Labute approximate surface area is 216 Å². The van der Waals surface area contributed by atoms with Gasteiger partial charge in [0.05, 0.1) is 24.2 Å². The van der Waals surface area contributed by atoms with Crippen LogP contribution in [0.25, 0.3) is 0 Å². The average Bonchev–Trinajstić information content (AvgIpc) is 3.18. The second-order valence-corrected chi connectivity index (χ2v) is 10.5. The van der Waals surface area contributed by atoms with Crippen molar-refractivity contribution in [3.8, 4) is 5.75 Å². The molecule has 0 bridgehead atoms. The molecule has 5 rings (SSSR count). The van der Waals surface area contributed by atoms with E-state index in [0.717, 1.165) is 18.7 Å². The van der Waals surface area contributed by atoms with E-state index in [9.17, 15) is 18.8 Å². The smallest absolute Gasteiger partial charge is 0.254 e. The molecule has 194 valence electrons. The molecule has 3 amide bonds. The molecule has 37 heavy (non-hydrogen) atoms. The van der Waals surface area contributed by atoms with Gasteiger partial charge in [0.15, 0.2) is 0 Å². The minimum Gasteiger partial charge on any atom is -0.488 e. The third kappa shape index (κ3) is 5.00. The third-order valence-electron chi connectivity index (χ3n) is 7.50. The van der Waals surface area contributed by atoms with Crippen molar-refractivity contribution in [3.63, 3.8) is 0 Å². The lowest BCUT2D eigenvalue weighted by molar-refractivity contribution is -0.138. The van der Waals surface area contributed by atoms with Crippen molar-refractivity contribution in [1.82, 2.24) is 15.1 Å². The van der Waals surface area contributed by atoms with Crippen molar-refractivity contribution in [1.29, 1.82) is 0 Å². The number of carbonyl (C=O) groups excluding carboxylic acids is 3. The molecule has 0 radical (unpaired) electrons. The summed E-state index contributed by atoms with van der Waals surface area (Å²) in [6.07, 6.45) is 0.723. The van der Waals surface area contributed by atoms with Crippen molar-refractivity contribution in [2.75, 3.05) is 13.1 Å². The van der Waals surface area contributed by atoms with E-state index in [0.29, 0.717) is 29.0 Å². The number of nitrogens with zero attached hydrogens (tertiary/aromatic N) is 2. The van der Waals surface area contributed by atoms with Gasteiger partial charge in [-0.05, 0) is 44.0 Å². The van der Waals surface area contributed by atoms with Crippen LogP contribution in [-0.2, 0) is 34.0 Å². The van der Waals surface area contributed by atoms with Crippen molar-refractivity contribution in [3.05, 3.63) is 64.5 Å². The standard InChI is InChI=1S/C27H31BFN3O5/c1-16-11-31(12-17(2)37-16)13-18-6-7-19(22(29)10-18)15-36-23-5-3-4-20-21(23)14-32(25(20)34)27(28)9-8-24(33)30-26(27)35/h3-7,10,16-17H,8-9,11-15,28H2,1-2H3,(H,30,33,35). The SMILES string of the molecule is BC1(N2Cc3c(OCc4ccc(CN5CC(C)OC(C)C5)cc4F)cccc3C2=O)CCC(=O)NC1=O. The Bertz CT molecular complexity index is 1250. The van der Waals surface area contributed by atoms with Gasteiger partial charge in [-0.2, -0.15) is 0 Å². The largest absolute Gasteiger partial charge is 0.488 e. The molecule has 3 heterocycles. The zero-order valence-corrected chi connectivity index (χ0v) is 21.4. The number of carbonyl (C=O) groups is 3. The van der Waals surface area contributed by atoms with Crippen LogP contribution in [0.5, 0.6) is 5.75 Å². The van der Waals surface area contributed by atoms with Gasteiger partial charge in [-0.3, -0.25) is 24.6 Å². The van der Waals surface area contributed by atoms with Crippen LogP contribution in [0, 0.1) is 5.82 Å². The number of nitrogens with one attached hydrogen (secondary N) is 1. The summed E-state index contributed by atoms with van der Waals surface area (Å²) in [5, 5.41) is 2.34. The zero-order chi connectivity index (χ0) is 26.3. The van der Waals surface area contributed by atoms with E-state index in [1.807, 2.05) is 19.9 Å². The molecule has 3 unspecified atom stereocenters. The maximum Gasteiger partial charge on any atom is 0.254 e. The molecule has 10 heteroatoms. The van der Waals surface area contributed by atoms with Crippen LogP contribution in [0.1, 0.15) is 53.7 Å². The average molecular weight is 507 g/mol. The summed E-state index contributed by atoms with van der Waals surface area (Å²) in [4.78, 5) is 41.2. The van der Waals surface area contributed by atoms with E-state index in [4.69, 9.17) is 9.47 Å². The van der Waals surface area contributed by atoms with Crippen LogP contribution in [0.15, 0.2) is 36.4 Å². The molecule has 3 aliphatic rings. The first-order chi connectivity index (χ1) is 17.6. The molecule has 0 saturated carbocycles. The number of fused-ring (bicyclic) bond motifs is 1. The lowest BCUT2D eigenvalue weighted by Crippen LogP contribution is -2.63. The molecule has 1 N–H and O–H groups in total. The summed E-state index contributed by atoms with van der Waals surface area (Å²) in [5.74, 6) is -0.958. The van der Waals surface area contributed by atoms with Gasteiger partial charge in [0, 0.05) is 42.7 Å². The monoisotopic (exact) mass is 507 g/mol. The van der Waals surface area contributed by atoms with E-state index in [1.54, 1.807) is 38.2 Å². The number of benzene rings is 2. The lowest BCUT2D eigenvalue weighted by Gasteiger charge is -2.39. The molecule has 3 atom stereocenters. The minimum atomic E-state index is -1.13. The Morgan fingerprint density at radius 3 is 2.62 bits per heavy atom. The fourth-order valence-corrected chi connectivity index (χ4v) is 5.52. The number of piperidine rings is 1. The Balaban J connectivity index is 1.27. The molecule has 0 spiro atoms. The normalized spacial score (nSPS) is 26.2. The number of rotatable bonds is 6. The first kappa shape index (κ1) is 25.4. The highest BCUT2D eigenvalue weighted by Gasteiger charge is 2.48. The van der Waals surface area contributed by atoms with Crippen LogP contribution in [0.4, 0.5) is 4.39 Å². The minimum absolute atomic E-state index is 0.00857. The van der Waals surface area contributed by atoms with E-state index in [2.05, 4.69) is 10.2 Å². The summed E-state index contributed by atoms with van der Waals surface area (Å²) in [6.45, 7) is 6.54. The maximum atomic E-state index is 15.0. The highest BCUT2D eigenvalue weighted by atomic mass is 19.1. The maximum absolute atomic E-state index is 15.0. The van der Waals surface area contributed by atoms with Gasteiger partial charge in [0.2, 0.25) is 11.8 Å². The predicted octanol–water partition coefficient (Wildman–Crippen LogP) is 1.74. The number of imide groups is 1. The summed E-state index contributed by atoms with van der Waals surface area (Å²) in [7, 11) is 1.67. The molecular formula is C27H31BFN3O5. The van der Waals surface area contributed by atoms with Crippen molar-refractivity contribution >= 4 is 25.6 Å². The Kier molecular flexibility index (Phi) is 6.81. The van der Waals surface area contributed by atoms with Crippen molar-refractivity contribution in [2.24, 2.45) is 0 Å². The van der Waals surface area contributed by atoms with Crippen molar-refractivity contribution < 1.29 is 28.2 Å². The van der Waals surface area contributed by atoms with Gasteiger partial charge in [-0.15, -0.1) is 0 Å². The van der Waals surface area contributed by atoms with Gasteiger partial charge in [-0.25, -0.2) is 4.39 Å². The first-order valence-electron chi connectivity index (χ1n) is 12.7. The summed E-state index contributed by atoms with van der Waals surface area (Å²) < 4.78 is 26.7. The molecule has 2 fully saturated rings. The third-order valence-corrected chi connectivity index (χ3v) is 7.50. The first-order valence-corrected chi connectivity index (χ1v) is 12.7. The van der Waals surface area contributed by atoms with E-state index < -0.39 is 11.3 Å². The van der Waals surface area contributed by atoms with Gasteiger partial charge in [0.1, 0.15) is 26.0 Å². The predicted molar refractivity (Wildman–Crippen MR) is 136 cm³/mol. The second-order valence-electron chi connectivity index (χ2n) is 10.5. The van der Waals surface area contributed by atoms with Crippen LogP contribution < -0.4 is 10.1 Å².